The monoisotopic (exact) mass is 193 g/mol. The minimum absolute atomic E-state index is 0.362. The number of phenols is 1. The highest BCUT2D eigenvalue weighted by Crippen LogP contribution is 2.28. The smallest absolute Gasteiger partial charge is 0.138 e. The Hall–Kier alpha value is -1.18. The highest BCUT2D eigenvalue weighted by molar-refractivity contribution is 5.61. The number of phenolic OH excluding ortho intramolecular Hbond substituents is 1. The van der Waals surface area contributed by atoms with Crippen molar-refractivity contribution in [2.24, 2.45) is 0 Å². The van der Waals surface area contributed by atoms with Crippen molar-refractivity contribution in [1.29, 1.82) is 0 Å². The summed E-state index contributed by atoms with van der Waals surface area (Å²) in [6, 6.07) is 5.71. The van der Waals surface area contributed by atoms with E-state index in [1.165, 1.54) is 18.4 Å². The van der Waals surface area contributed by atoms with Gasteiger partial charge >= 0.3 is 0 Å². The van der Waals surface area contributed by atoms with Gasteiger partial charge in [-0.15, -0.1) is 0 Å². The second kappa shape index (κ2) is 5.53. The Morgan fingerprint density at radius 3 is 2.71 bits per heavy atom. The van der Waals surface area contributed by atoms with Crippen molar-refractivity contribution in [3.8, 4) is 5.75 Å². The molecule has 2 heteroatoms. The van der Waals surface area contributed by atoms with Gasteiger partial charge in [0.05, 0.1) is 5.69 Å². The Balaban J connectivity index is 2.83. The molecule has 0 heterocycles. The molecule has 2 nitrogen and oxygen atoms in total. The van der Waals surface area contributed by atoms with Gasteiger partial charge in [0.25, 0.3) is 0 Å². The fourth-order valence-corrected chi connectivity index (χ4v) is 1.54. The van der Waals surface area contributed by atoms with E-state index in [-0.39, 0.29) is 0 Å². The molecular formula is C12H19NO. The van der Waals surface area contributed by atoms with E-state index < -0.39 is 0 Å². The maximum absolute atomic E-state index is 9.66. The van der Waals surface area contributed by atoms with Crippen LogP contribution in [0.1, 0.15) is 32.3 Å². The first-order chi connectivity index (χ1) is 6.79. The Morgan fingerprint density at radius 2 is 2.07 bits per heavy atom. The molecule has 0 bridgehead atoms. The molecule has 2 N–H and O–H groups in total. The Labute approximate surface area is 86.0 Å². The number of nitrogens with one attached hydrogen (secondary N) is 1. The zero-order valence-corrected chi connectivity index (χ0v) is 9.01. The van der Waals surface area contributed by atoms with E-state index in [1.807, 2.05) is 13.0 Å². The number of unbranched alkanes of at least 4 members (excludes halogenated alkanes) is 1. The third-order valence-electron chi connectivity index (χ3n) is 2.28. The first-order valence-corrected chi connectivity index (χ1v) is 5.34. The lowest BCUT2D eigenvalue weighted by Crippen LogP contribution is -2.01. The summed E-state index contributed by atoms with van der Waals surface area (Å²) in [7, 11) is 0. The van der Waals surface area contributed by atoms with Gasteiger partial charge in [-0.05, 0) is 31.4 Å². The summed E-state index contributed by atoms with van der Waals surface area (Å²) in [5.41, 5.74) is 2.12. The van der Waals surface area contributed by atoms with Crippen molar-refractivity contribution in [2.75, 3.05) is 11.9 Å². The van der Waals surface area contributed by atoms with Crippen LogP contribution in [-0.2, 0) is 6.42 Å². The summed E-state index contributed by atoms with van der Waals surface area (Å²) >= 11 is 0. The molecule has 0 radical (unpaired) electrons. The van der Waals surface area contributed by atoms with Crippen molar-refractivity contribution in [1.82, 2.24) is 0 Å². The Bertz CT molecular complexity index is 284. The lowest BCUT2D eigenvalue weighted by Gasteiger charge is -2.11. The SMILES string of the molecule is CCCCc1cccc(O)c1NCC. The first kappa shape index (κ1) is 10.9. The zero-order chi connectivity index (χ0) is 10.4. The van der Waals surface area contributed by atoms with E-state index in [1.54, 1.807) is 6.07 Å². The zero-order valence-electron chi connectivity index (χ0n) is 9.01. The maximum Gasteiger partial charge on any atom is 0.138 e. The Kier molecular flexibility index (Phi) is 4.30. The molecule has 1 rings (SSSR count). The van der Waals surface area contributed by atoms with E-state index in [2.05, 4.69) is 18.3 Å². The summed E-state index contributed by atoms with van der Waals surface area (Å²) in [6.45, 7) is 5.06. The van der Waals surface area contributed by atoms with Crippen LogP contribution >= 0.6 is 0 Å². The number of anilines is 1. The van der Waals surface area contributed by atoms with Gasteiger partial charge in [0.2, 0.25) is 0 Å². The molecule has 1 aromatic carbocycles. The van der Waals surface area contributed by atoms with Crippen LogP contribution in [0.15, 0.2) is 18.2 Å². The molecule has 0 aliphatic carbocycles. The molecule has 0 aromatic heterocycles. The molecule has 0 atom stereocenters. The molecule has 1 aromatic rings. The van der Waals surface area contributed by atoms with Gasteiger partial charge in [-0.3, -0.25) is 0 Å². The van der Waals surface area contributed by atoms with Crippen LogP contribution < -0.4 is 5.32 Å². The summed E-state index contributed by atoms with van der Waals surface area (Å²) in [5, 5.41) is 12.9. The predicted octanol–water partition coefficient (Wildman–Crippen LogP) is 3.17. The fraction of sp³-hybridized carbons (Fsp3) is 0.500. The average Bonchev–Trinajstić information content (AvgIpc) is 2.19. The molecule has 0 spiro atoms. The van der Waals surface area contributed by atoms with Crippen LogP contribution in [0.25, 0.3) is 0 Å². The lowest BCUT2D eigenvalue weighted by atomic mass is 10.1. The van der Waals surface area contributed by atoms with Crippen molar-refractivity contribution >= 4 is 5.69 Å². The van der Waals surface area contributed by atoms with Crippen molar-refractivity contribution in [2.45, 2.75) is 33.1 Å². The van der Waals surface area contributed by atoms with Crippen molar-refractivity contribution < 1.29 is 5.11 Å². The summed E-state index contributed by atoms with van der Waals surface area (Å²) in [5.74, 6) is 0.362. The number of hydrogen-bond donors (Lipinski definition) is 2. The van der Waals surface area contributed by atoms with Gasteiger partial charge in [0.15, 0.2) is 0 Å². The maximum atomic E-state index is 9.66. The molecule has 78 valence electrons. The highest BCUT2D eigenvalue weighted by atomic mass is 16.3. The van der Waals surface area contributed by atoms with E-state index in [9.17, 15) is 5.11 Å². The molecule has 0 unspecified atom stereocenters. The van der Waals surface area contributed by atoms with Gasteiger partial charge in [-0.25, -0.2) is 0 Å². The highest BCUT2D eigenvalue weighted by Gasteiger charge is 2.05. The van der Waals surface area contributed by atoms with E-state index in [4.69, 9.17) is 0 Å². The van der Waals surface area contributed by atoms with Gasteiger partial charge in [0, 0.05) is 6.54 Å². The number of aromatic hydroxyl groups is 1. The van der Waals surface area contributed by atoms with Crippen molar-refractivity contribution in [3.05, 3.63) is 23.8 Å². The minimum atomic E-state index is 0.362. The quantitative estimate of drug-likeness (QED) is 0.704. The molecule has 0 fully saturated rings. The van der Waals surface area contributed by atoms with Crippen LogP contribution in [0.5, 0.6) is 5.75 Å². The van der Waals surface area contributed by atoms with Crippen LogP contribution in [-0.4, -0.2) is 11.7 Å². The normalized spacial score (nSPS) is 10.1. The average molecular weight is 193 g/mol. The molecule has 0 saturated carbocycles. The molecule has 0 aliphatic rings. The molecular weight excluding hydrogens is 174 g/mol. The van der Waals surface area contributed by atoms with Gasteiger partial charge in [-0.2, -0.15) is 0 Å². The van der Waals surface area contributed by atoms with Crippen LogP contribution in [0.3, 0.4) is 0 Å². The summed E-state index contributed by atoms with van der Waals surface area (Å²) in [6.07, 6.45) is 3.39. The van der Waals surface area contributed by atoms with E-state index >= 15 is 0 Å². The van der Waals surface area contributed by atoms with Crippen molar-refractivity contribution in [3.63, 3.8) is 0 Å². The van der Waals surface area contributed by atoms with Gasteiger partial charge < -0.3 is 10.4 Å². The standard InChI is InChI=1S/C12H19NO/c1-3-5-7-10-8-6-9-11(14)12(10)13-4-2/h6,8-9,13-14H,3-5,7H2,1-2H3. The molecule has 0 amide bonds. The largest absolute Gasteiger partial charge is 0.506 e. The third kappa shape index (κ3) is 2.66. The van der Waals surface area contributed by atoms with Crippen LogP contribution in [0.2, 0.25) is 0 Å². The minimum Gasteiger partial charge on any atom is -0.506 e. The second-order valence-electron chi connectivity index (χ2n) is 3.45. The van der Waals surface area contributed by atoms with Gasteiger partial charge in [0.1, 0.15) is 5.75 Å². The Morgan fingerprint density at radius 1 is 1.29 bits per heavy atom. The summed E-state index contributed by atoms with van der Waals surface area (Å²) < 4.78 is 0. The number of hydrogen-bond acceptors (Lipinski definition) is 2. The number of para-hydroxylation sites is 1. The molecule has 14 heavy (non-hydrogen) atoms. The fourth-order valence-electron chi connectivity index (χ4n) is 1.54. The molecule has 0 aliphatic heterocycles. The molecule has 0 saturated heterocycles. The predicted molar refractivity (Wildman–Crippen MR) is 60.9 cm³/mol. The van der Waals surface area contributed by atoms with Gasteiger partial charge in [-0.1, -0.05) is 25.5 Å². The van der Waals surface area contributed by atoms with E-state index in [0.29, 0.717) is 5.75 Å². The van der Waals surface area contributed by atoms with Crippen LogP contribution in [0.4, 0.5) is 5.69 Å². The van der Waals surface area contributed by atoms with Crippen LogP contribution in [0, 0.1) is 0 Å². The number of rotatable bonds is 5. The first-order valence-electron chi connectivity index (χ1n) is 5.34. The lowest BCUT2D eigenvalue weighted by molar-refractivity contribution is 0.476. The van der Waals surface area contributed by atoms with E-state index in [0.717, 1.165) is 18.7 Å². The number of aryl methyl sites for hydroxylation is 1. The third-order valence-corrected chi connectivity index (χ3v) is 2.28. The second-order valence-corrected chi connectivity index (χ2v) is 3.45. The topological polar surface area (TPSA) is 32.3 Å². The number of benzene rings is 1. The summed E-state index contributed by atoms with van der Waals surface area (Å²) in [4.78, 5) is 0.